The molecule has 0 aromatic heterocycles. The Morgan fingerprint density at radius 2 is 1.43 bits per heavy atom. The maximum atomic E-state index is 5.21. The molecule has 0 N–H and O–H groups in total. The van der Waals surface area contributed by atoms with E-state index in [0.717, 1.165) is 16.6 Å². The topological polar surface area (TPSA) is 27.7 Å². The Balaban J connectivity index is 3.20. The number of hydrogen-bond donors (Lipinski definition) is 0. The number of hydrogen-bond acceptors (Lipinski definition) is 3. The summed E-state index contributed by atoms with van der Waals surface area (Å²) in [6.45, 7) is 0. The predicted molar refractivity (Wildman–Crippen MR) is 58.7 cm³/mol. The van der Waals surface area contributed by atoms with Crippen molar-refractivity contribution in [2.45, 2.75) is 5.33 Å². The van der Waals surface area contributed by atoms with E-state index in [1.54, 1.807) is 21.3 Å². The van der Waals surface area contributed by atoms with Crippen LogP contribution in [0.25, 0.3) is 0 Å². The van der Waals surface area contributed by atoms with Gasteiger partial charge in [0, 0.05) is 17.0 Å². The summed E-state index contributed by atoms with van der Waals surface area (Å²) >= 11 is 3.38. The standard InChI is InChI=1S/C10H13BrO3/c1-12-8-5-10(14-3)9(13-2)4-7(8)6-11/h4-5H,6H2,1-3H3. The number of rotatable bonds is 4. The fraction of sp³-hybridized carbons (Fsp3) is 0.400. The van der Waals surface area contributed by atoms with Crippen molar-refractivity contribution in [3.63, 3.8) is 0 Å². The lowest BCUT2D eigenvalue weighted by atomic mass is 10.2. The van der Waals surface area contributed by atoms with Gasteiger partial charge in [0.25, 0.3) is 0 Å². The van der Waals surface area contributed by atoms with Gasteiger partial charge in [0.1, 0.15) is 5.75 Å². The van der Waals surface area contributed by atoms with E-state index in [9.17, 15) is 0 Å². The molecule has 14 heavy (non-hydrogen) atoms. The number of methoxy groups -OCH3 is 3. The van der Waals surface area contributed by atoms with Gasteiger partial charge in [-0.2, -0.15) is 0 Å². The first-order valence-electron chi connectivity index (χ1n) is 4.11. The van der Waals surface area contributed by atoms with Crippen LogP contribution in [0.3, 0.4) is 0 Å². The molecular formula is C10H13BrO3. The third-order valence-corrected chi connectivity index (χ3v) is 2.53. The van der Waals surface area contributed by atoms with Crippen LogP contribution in [0.4, 0.5) is 0 Å². The molecule has 3 nitrogen and oxygen atoms in total. The molecular weight excluding hydrogens is 248 g/mol. The first kappa shape index (κ1) is 11.2. The third-order valence-electron chi connectivity index (χ3n) is 1.93. The SMILES string of the molecule is COc1cc(OC)c(OC)cc1CBr. The number of alkyl halides is 1. The van der Waals surface area contributed by atoms with E-state index in [-0.39, 0.29) is 0 Å². The highest BCUT2D eigenvalue weighted by molar-refractivity contribution is 9.08. The van der Waals surface area contributed by atoms with Crippen molar-refractivity contribution >= 4 is 15.9 Å². The molecule has 1 rings (SSSR count). The van der Waals surface area contributed by atoms with Gasteiger partial charge in [-0.1, -0.05) is 15.9 Å². The lowest BCUT2D eigenvalue weighted by Gasteiger charge is -2.12. The van der Waals surface area contributed by atoms with Gasteiger partial charge in [0.2, 0.25) is 0 Å². The van der Waals surface area contributed by atoms with Crippen LogP contribution < -0.4 is 14.2 Å². The molecule has 0 amide bonds. The summed E-state index contributed by atoms with van der Waals surface area (Å²) < 4.78 is 15.5. The van der Waals surface area contributed by atoms with Crippen molar-refractivity contribution in [1.82, 2.24) is 0 Å². The average Bonchev–Trinajstić information content (AvgIpc) is 2.26. The minimum absolute atomic E-state index is 0.675. The normalized spacial score (nSPS) is 9.71. The number of halogens is 1. The van der Waals surface area contributed by atoms with Crippen molar-refractivity contribution in [3.8, 4) is 17.2 Å². The fourth-order valence-electron chi connectivity index (χ4n) is 1.20. The monoisotopic (exact) mass is 260 g/mol. The summed E-state index contributed by atoms with van der Waals surface area (Å²) in [7, 11) is 4.85. The molecule has 0 atom stereocenters. The van der Waals surface area contributed by atoms with Gasteiger partial charge >= 0.3 is 0 Å². The van der Waals surface area contributed by atoms with Crippen molar-refractivity contribution in [3.05, 3.63) is 17.7 Å². The van der Waals surface area contributed by atoms with Crippen LogP contribution in [0.5, 0.6) is 17.2 Å². The minimum atomic E-state index is 0.675. The maximum absolute atomic E-state index is 5.21. The largest absolute Gasteiger partial charge is 0.496 e. The molecule has 0 aliphatic rings. The van der Waals surface area contributed by atoms with Crippen molar-refractivity contribution in [1.29, 1.82) is 0 Å². The molecule has 78 valence electrons. The summed E-state index contributed by atoms with van der Waals surface area (Å²) in [5.74, 6) is 2.18. The number of benzene rings is 1. The minimum Gasteiger partial charge on any atom is -0.496 e. The Hall–Kier alpha value is -0.900. The van der Waals surface area contributed by atoms with Crippen LogP contribution in [0.2, 0.25) is 0 Å². The van der Waals surface area contributed by atoms with E-state index in [0.29, 0.717) is 11.5 Å². The van der Waals surface area contributed by atoms with Gasteiger partial charge in [-0.05, 0) is 6.07 Å². The van der Waals surface area contributed by atoms with E-state index in [1.165, 1.54) is 0 Å². The second-order valence-corrected chi connectivity index (χ2v) is 3.21. The molecule has 0 bridgehead atoms. The second kappa shape index (κ2) is 5.10. The zero-order valence-corrected chi connectivity index (χ0v) is 10.1. The van der Waals surface area contributed by atoms with Crippen LogP contribution in [0.15, 0.2) is 12.1 Å². The molecule has 0 heterocycles. The first-order valence-corrected chi connectivity index (χ1v) is 5.23. The fourth-order valence-corrected chi connectivity index (χ4v) is 1.64. The Morgan fingerprint density at radius 1 is 0.929 bits per heavy atom. The summed E-state index contributed by atoms with van der Waals surface area (Å²) in [5.41, 5.74) is 1.03. The van der Waals surface area contributed by atoms with E-state index >= 15 is 0 Å². The van der Waals surface area contributed by atoms with Crippen LogP contribution in [-0.2, 0) is 5.33 Å². The van der Waals surface area contributed by atoms with E-state index in [1.807, 2.05) is 12.1 Å². The Labute approximate surface area is 92.1 Å². The smallest absolute Gasteiger partial charge is 0.164 e. The Bertz CT molecular complexity index is 254. The molecule has 0 aliphatic carbocycles. The molecule has 0 radical (unpaired) electrons. The highest BCUT2D eigenvalue weighted by atomic mass is 79.9. The average molecular weight is 261 g/mol. The zero-order chi connectivity index (χ0) is 10.6. The van der Waals surface area contributed by atoms with Gasteiger partial charge in [-0.3, -0.25) is 0 Å². The van der Waals surface area contributed by atoms with E-state index in [2.05, 4.69) is 15.9 Å². The molecule has 0 saturated heterocycles. The van der Waals surface area contributed by atoms with E-state index < -0.39 is 0 Å². The summed E-state index contributed by atoms with van der Waals surface area (Å²) in [6.07, 6.45) is 0. The lowest BCUT2D eigenvalue weighted by molar-refractivity contribution is 0.348. The summed E-state index contributed by atoms with van der Waals surface area (Å²) in [4.78, 5) is 0. The third kappa shape index (κ3) is 2.12. The quantitative estimate of drug-likeness (QED) is 0.780. The van der Waals surface area contributed by atoms with Crippen LogP contribution in [0, 0.1) is 0 Å². The summed E-state index contributed by atoms with van der Waals surface area (Å²) in [6, 6.07) is 3.71. The van der Waals surface area contributed by atoms with Crippen LogP contribution >= 0.6 is 15.9 Å². The van der Waals surface area contributed by atoms with Gasteiger partial charge in [-0.15, -0.1) is 0 Å². The molecule has 4 heteroatoms. The molecule has 1 aromatic rings. The van der Waals surface area contributed by atoms with Crippen molar-refractivity contribution < 1.29 is 14.2 Å². The highest BCUT2D eigenvalue weighted by Gasteiger charge is 2.10. The molecule has 1 aromatic carbocycles. The molecule has 0 saturated carbocycles. The number of ether oxygens (including phenoxy) is 3. The van der Waals surface area contributed by atoms with Gasteiger partial charge in [0.05, 0.1) is 21.3 Å². The zero-order valence-electron chi connectivity index (χ0n) is 8.46. The first-order chi connectivity index (χ1) is 6.76. The Kier molecular flexibility index (Phi) is 4.07. The lowest BCUT2D eigenvalue weighted by Crippen LogP contribution is -1.95. The van der Waals surface area contributed by atoms with Crippen LogP contribution in [-0.4, -0.2) is 21.3 Å². The molecule has 0 aliphatic heterocycles. The summed E-state index contributed by atoms with van der Waals surface area (Å²) in [5, 5.41) is 0.719. The van der Waals surface area contributed by atoms with E-state index in [4.69, 9.17) is 14.2 Å². The molecule has 0 spiro atoms. The molecule has 0 unspecified atom stereocenters. The van der Waals surface area contributed by atoms with Gasteiger partial charge in [-0.25, -0.2) is 0 Å². The Morgan fingerprint density at radius 3 is 1.86 bits per heavy atom. The highest BCUT2D eigenvalue weighted by Crippen LogP contribution is 2.35. The van der Waals surface area contributed by atoms with Gasteiger partial charge < -0.3 is 14.2 Å². The predicted octanol–water partition coefficient (Wildman–Crippen LogP) is 2.61. The molecule has 0 fully saturated rings. The second-order valence-electron chi connectivity index (χ2n) is 2.65. The van der Waals surface area contributed by atoms with Gasteiger partial charge in [0.15, 0.2) is 11.5 Å². The maximum Gasteiger partial charge on any atom is 0.164 e. The van der Waals surface area contributed by atoms with Crippen LogP contribution in [0.1, 0.15) is 5.56 Å². The van der Waals surface area contributed by atoms with Crippen molar-refractivity contribution in [2.75, 3.05) is 21.3 Å². The van der Waals surface area contributed by atoms with Crippen molar-refractivity contribution in [2.24, 2.45) is 0 Å².